The molecule has 1 rings (SSSR count). The second-order valence-corrected chi connectivity index (χ2v) is 13.2. The molecule has 242 valence electrons. The van der Waals surface area contributed by atoms with Gasteiger partial charge in [-0.15, -0.1) is 0 Å². The summed E-state index contributed by atoms with van der Waals surface area (Å²) in [6.45, 7) is 7.61. The van der Waals surface area contributed by atoms with Crippen molar-refractivity contribution in [3.8, 4) is 0 Å². The molecule has 41 heavy (non-hydrogen) atoms. The van der Waals surface area contributed by atoms with E-state index in [1.807, 2.05) is 0 Å². The fourth-order valence-corrected chi connectivity index (χ4v) is 6.51. The second kappa shape index (κ2) is 27.8. The van der Waals surface area contributed by atoms with E-state index in [4.69, 9.17) is 9.47 Å². The maximum Gasteiger partial charge on any atom is 0.310 e. The Morgan fingerprint density at radius 1 is 0.488 bits per heavy atom. The first kappa shape index (κ1) is 38.0. The van der Waals surface area contributed by atoms with Gasteiger partial charge in [0.1, 0.15) is 0 Å². The molecule has 0 radical (unpaired) electrons. The van der Waals surface area contributed by atoms with Crippen LogP contribution in [-0.2, 0) is 19.1 Å². The first-order chi connectivity index (χ1) is 20.1. The molecule has 1 fully saturated rings. The van der Waals surface area contributed by atoms with Gasteiger partial charge in [-0.1, -0.05) is 168 Å². The number of unbranched alkanes of at least 4 members (excludes halogenated alkanes) is 22. The van der Waals surface area contributed by atoms with Crippen molar-refractivity contribution in [2.75, 3.05) is 13.2 Å². The number of rotatable bonds is 28. The molecule has 0 amide bonds. The van der Waals surface area contributed by atoms with Crippen molar-refractivity contribution in [3.63, 3.8) is 0 Å². The maximum absolute atomic E-state index is 13.0. The number of ether oxygens (including phenoxy) is 2. The standard InChI is InChI=1S/C37H70O4/c1-4-6-8-10-12-14-16-18-20-22-24-26-31-40-36(38)34-30-28-29-33(3)35(34)37(39)41-32-27-25-23-21-19-17-15-13-11-9-7-5-2/h33-35H,4-32H2,1-3H3. The lowest BCUT2D eigenvalue weighted by Crippen LogP contribution is -2.39. The van der Waals surface area contributed by atoms with Gasteiger partial charge < -0.3 is 9.47 Å². The Morgan fingerprint density at radius 3 is 1.22 bits per heavy atom. The van der Waals surface area contributed by atoms with E-state index in [9.17, 15) is 9.59 Å². The smallest absolute Gasteiger partial charge is 0.310 e. The van der Waals surface area contributed by atoms with Crippen LogP contribution in [0.4, 0.5) is 0 Å². The summed E-state index contributed by atoms with van der Waals surface area (Å²) in [5, 5.41) is 0. The third-order valence-electron chi connectivity index (χ3n) is 9.28. The molecule has 3 atom stereocenters. The lowest BCUT2D eigenvalue weighted by atomic mass is 9.73. The first-order valence-corrected chi connectivity index (χ1v) is 18.4. The molecule has 1 saturated carbocycles. The summed E-state index contributed by atoms with van der Waals surface area (Å²) in [6, 6.07) is 0. The van der Waals surface area contributed by atoms with Gasteiger partial charge in [0, 0.05) is 0 Å². The number of carbonyl (C=O) groups excluding carboxylic acids is 2. The van der Waals surface area contributed by atoms with Gasteiger partial charge in [-0.25, -0.2) is 0 Å². The zero-order valence-electron chi connectivity index (χ0n) is 27.9. The number of carbonyl (C=O) groups is 2. The fraction of sp³-hybridized carbons (Fsp3) is 0.946. The molecule has 0 aromatic heterocycles. The predicted molar refractivity (Wildman–Crippen MR) is 174 cm³/mol. The second-order valence-electron chi connectivity index (χ2n) is 13.2. The van der Waals surface area contributed by atoms with Crippen molar-refractivity contribution in [1.82, 2.24) is 0 Å². The zero-order chi connectivity index (χ0) is 29.8. The van der Waals surface area contributed by atoms with Crippen LogP contribution >= 0.6 is 0 Å². The summed E-state index contributed by atoms with van der Waals surface area (Å²) in [5.41, 5.74) is 0. The van der Waals surface area contributed by atoms with Crippen molar-refractivity contribution in [2.45, 2.75) is 194 Å². The average molecular weight is 579 g/mol. The van der Waals surface area contributed by atoms with E-state index in [0.717, 1.165) is 44.9 Å². The van der Waals surface area contributed by atoms with Crippen LogP contribution in [0.15, 0.2) is 0 Å². The van der Waals surface area contributed by atoms with Crippen LogP contribution in [0.25, 0.3) is 0 Å². The fourth-order valence-electron chi connectivity index (χ4n) is 6.51. The van der Waals surface area contributed by atoms with Gasteiger partial charge in [0.05, 0.1) is 25.0 Å². The molecule has 0 N–H and O–H groups in total. The SMILES string of the molecule is CCCCCCCCCCCCCCOC(=O)C1CCCC(C)C1C(=O)OCCCCCCCCCCCCCC. The molecule has 0 aromatic carbocycles. The van der Waals surface area contributed by atoms with Crippen LogP contribution in [0.3, 0.4) is 0 Å². The topological polar surface area (TPSA) is 52.6 Å². The molecule has 0 saturated heterocycles. The summed E-state index contributed by atoms with van der Waals surface area (Å²) in [6.07, 6.45) is 33.8. The Balaban J connectivity index is 2.10. The van der Waals surface area contributed by atoms with Crippen LogP contribution in [0.1, 0.15) is 194 Å². The summed E-state index contributed by atoms with van der Waals surface area (Å²) in [7, 11) is 0. The molecule has 0 aromatic rings. The lowest BCUT2D eigenvalue weighted by Gasteiger charge is -2.33. The van der Waals surface area contributed by atoms with Gasteiger partial charge in [-0.3, -0.25) is 9.59 Å². The number of hydrogen-bond acceptors (Lipinski definition) is 4. The third kappa shape index (κ3) is 20.5. The van der Waals surface area contributed by atoms with Crippen LogP contribution in [0.5, 0.6) is 0 Å². The van der Waals surface area contributed by atoms with Crippen molar-refractivity contribution in [1.29, 1.82) is 0 Å². The van der Waals surface area contributed by atoms with E-state index in [2.05, 4.69) is 20.8 Å². The van der Waals surface area contributed by atoms with Gasteiger partial charge in [-0.2, -0.15) is 0 Å². The van der Waals surface area contributed by atoms with Gasteiger partial charge in [0.15, 0.2) is 0 Å². The highest BCUT2D eigenvalue weighted by Gasteiger charge is 2.42. The molecule has 3 unspecified atom stereocenters. The average Bonchev–Trinajstić information content (AvgIpc) is 2.97. The highest BCUT2D eigenvalue weighted by atomic mass is 16.5. The summed E-state index contributed by atoms with van der Waals surface area (Å²) < 4.78 is 11.4. The largest absolute Gasteiger partial charge is 0.465 e. The summed E-state index contributed by atoms with van der Waals surface area (Å²) in [4.78, 5) is 25.9. The molecule has 4 heteroatoms. The van der Waals surface area contributed by atoms with Crippen LogP contribution in [0.2, 0.25) is 0 Å². The van der Waals surface area contributed by atoms with E-state index in [1.165, 1.54) is 128 Å². The van der Waals surface area contributed by atoms with E-state index in [1.54, 1.807) is 0 Å². The normalized spacial score (nSPS) is 18.9. The molecule has 1 aliphatic carbocycles. The molecule has 0 spiro atoms. The van der Waals surface area contributed by atoms with Crippen LogP contribution in [0, 0.1) is 17.8 Å². The molecular weight excluding hydrogens is 508 g/mol. The highest BCUT2D eigenvalue weighted by molar-refractivity contribution is 5.82. The third-order valence-corrected chi connectivity index (χ3v) is 9.28. The Morgan fingerprint density at radius 2 is 0.829 bits per heavy atom. The summed E-state index contributed by atoms with van der Waals surface area (Å²) >= 11 is 0. The van der Waals surface area contributed by atoms with E-state index < -0.39 is 0 Å². The maximum atomic E-state index is 13.0. The minimum atomic E-state index is -0.337. The van der Waals surface area contributed by atoms with Crippen molar-refractivity contribution in [3.05, 3.63) is 0 Å². The molecular formula is C37H70O4. The van der Waals surface area contributed by atoms with Crippen molar-refractivity contribution >= 4 is 11.9 Å². The Labute approximate surface area is 255 Å². The van der Waals surface area contributed by atoms with Gasteiger partial charge in [0.2, 0.25) is 0 Å². The van der Waals surface area contributed by atoms with E-state index in [-0.39, 0.29) is 29.7 Å². The monoisotopic (exact) mass is 579 g/mol. The zero-order valence-corrected chi connectivity index (χ0v) is 27.9. The predicted octanol–water partition coefficient (Wildman–Crippen LogP) is 11.5. The minimum Gasteiger partial charge on any atom is -0.465 e. The van der Waals surface area contributed by atoms with Gasteiger partial charge in [0.25, 0.3) is 0 Å². The molecule has 4 nitrogen and oxygen atoms in total. The molecule has 0 bridgehead atoms. The minimum absolute atomic E-state index is 0.174. The van der Waals surface area contributed by atoms with E-state index >= 15 is 0 Å². The van der Waals surface area contributed by atoms with E-state index in [0.29, 0.717) is 13.2 Å². The Kier molecular flexibility index (Phi) is 25.7. The molecule has 1 aliphatic rings. The lowest BCUT2D eigenvalue weighted by molar-refractivity contribution is -0.165. The molecule has 0 heterocycles. The molecule has 0 aliphatic heterocycles. The Bertz CT molecular complexity index is 604. The quantitative estimate of drug-likeness (QED) is 0.0684. The van der Waals surface area contributed by atoms with Crippen molar-refractivity contribution in [2.24, 2.45) is 17.8 Å². The highest BCUT2D eigenvalue weighted by Crippen LogP contribution is 2.36. The first-order valence-electron chi connectivity index (χ1n) is 18.4. The number of esters is 2. The Hall–Kier alpha value is -1.06. The van der Waals surface area contributed by atoms with Gasteiger partial charge in [-0.05, 0) is 31.6 Å². The van der Waals surface area contributed by atoms with Crippen LogP contribution < -0.4 is 0 Å². The van der Waals surface area contributed by atoms with Crippen molar-refractivity contribution < 1.29 is 19.1 Å². The summed E-state index contributed by atoms with van der Waals surface area (Å²) in [5.74, 6) is -0.831. The number of hydrogen-bond donors (Lipinski definition) is 0. The van der Waals surface area contributed by atoms with Crippen LogP contribution in [-0.4, -0.2) is 25.2 Å². The van der Waals surface area contributed by atoms with Gasteiger partial charge >= 0.3 is 11.9 Å².